The molecule has 0 bridgehead atoms. The van der Waals surface area contributed by atoms with Gasteiger partial charge in [-0.1, -0.05) is 0 Å². The Morgan fingerprint density at radius 1 is 1.30 bits per heavy atom. The lowest BCUT2D eigenvalue weighted by Crippen LogP contribution is -2.42. The summed E-state index contributed by atoms with van der Waals surface area (Å²) in [5.41, 5.74) is 1.97. The molecule has 2 saturated heterocycles. The van der Waals surface area contributed by atoms with Crippen LogP contribution < -0.4 is 9.64 Å². The largest absolute Gasteiger partial charge is 0.497 e. The summed E-state index contributed by atoms with van der Waals surface area (Å²) in [7, 11) is -1.44. The Morgan fingerprint density at radius 2 is 2.11 bits per heavy atom. The van der Waals surface area contributed by atoms with Gasteiger partial charge in [-0.05, 0) is 43.0 Å². The van der Waals surface area contributed by atoms with Crippen molar-refractivity contribution in [1.29, 1.82) is 0 Å². The van der Waals surface area contributed by atoms with E-state index in [0.717, 1.165) is 29.8 Å². The first-order chi connectivity index (χ1) is 12.9. The van der Waals surface area contributed by atoms with Crippen LogP contribution >= 0.6 is 0 Å². The number of fused-ring (bicyclic) bond motifs is 1. The average molecular weight is 392 g/mol. The predicted octanol–water partition coefficient (Wildman–Crippen LogP) is 1.01. The first kappa shape index (κ1) is 18.3. The summed E-state index contributed by atoms with van der Waals surface area (Å²) >= 11 is 0. The fourth-order valence-corrected chi connectivity index (χ4v) is 6.15. The maximum Gasteiger partial charge on any atom is 0.232 e. The van der Waals surface area contributed by atoms with Crippen molar-refractivity contribution < 1.29 is 22.7 Å². The Labute approximate surface area is 159 Å². The van der Waals surface area contributed by atoms with E-state index < -0.39 is 15.8 Å². The van der Waals surface area contributed by atoms with Crippen LogP contribution in [0.5, 0.6) is 5.75 Å². The highest BCUT2D eigenvalue weighted by Gasteiger charge is 2.43. The minimum Gasteiger partial charge on any atom is -0.497 e. The van der Waals surface area contributed by atoms with Crippen molar-refractivity contribution in [3.63, 3.8) is 0 Å². The minimum absolute atomic E-state index is 0.0198. The molecule has 146 valence electrons. The number of methoxy groups -OCH3 is 1. The number of sulfone groups is 1. The summed E-state index contributed by atoms with van der Waals surface area (Å²) in [4.78, 5) is 29.0. The quantitative estimate of drug-likeness (QED) is 0.767. The molecule has 0 aromatic heterocycles. The molecule has 8 heteroatoms. The van der Waals surface area contributed by atoms with Crippen LogP contribution in [0.1, 0.15) is 24.8 Å². The zero-order chi connectivity index (χ0) is 19.2. The summed E-state index contributed by atoms with van der Waals surface area (Å²) < 4.78 is 28.7. The summed E-state index contributed by atoms with van der Waals surface area (Å²) in [6.07, 6.45) is 2.40. The summed E-state index contributed by atoms with van der Waals surface area (Å²) in [6.45, 7) is 0.959. The monoisotopic (exact) mass is 392 g/mol. The van der Waals surface area contributed by atoms with Crippen molar-refractivity contribution in [1.82, 2.24) is 4.90 Å². The normalized spacial score (nSPS) is 26.9. The van der Waals surface area contributed by atoms with Gasteiger partial charge < -0.3 is 14.5 Å². The van der Waals surface area contributed by atoms with Crippen molar-refractivity contribution in [3.05, 3.63) is 23.8 Å². The third kappa shape index (κ3) is 3.42. The lowest BCUT2D eigenvalue weighted by Gasteiger charge is -2.32. The third-order valence-electron chi connectivity index (χ3n) is 5.83. The van der Waals surface area contributed by atoms with Crippen molar-refractivity contribution in [2.45, 2.75) is 31.7 Å². The Kier molecular flexibility index (Phi) is 4.61. The van der Waals surface area contributed by atoms with Gasteiger partial charge in [0.15, 0.2) is 9.84 Å². The van der Waals surface area contributed by atoms with E-state index in [0.29, 0.717) is 19.5 Å². The SMILES string of the molecule is COc1ccc2c(c1)CCCN2C(=O)[C@@H]1CC(=O)N([C@H]2CCS(=O)(=O)C2)C1. The van der Waals surface area contributed by atoms with Crippen LogP contribution in [0.3, 0.4) is 0 Å². The number of hydrogen-bond acceptors (Lipinski definition) is 5. The number of amides is 2. The summed E-state index contributed by atoms with van der Waals surface area (Å²) in [6, 6.07) is 5.44. The Morgan fingerprint density at radius 3 is 2.81 bits per heavy atom. The Bertz CT molecular complexity index is 882. The van der Waals surface area contributed by atoms with Crippen molar-refractivity contribution in [2.24, 2.45) is 5.92 Å². The van der Waals surface area contributed by atoms with Crippen LogP contribution in [0.2, 0.25) is 0 Å². The smallest absolute Gasteiger partial charge is 0.232 e. The lowest BCUT2D eigenvalue weighted by atomic mass is 9.98. The topological polar surface area (TPSA) is 84.0 Å². The van der Waals surface area contributed by atoms with Crippen LogP contribution in [0.25, 0.3) is 0 Å². The molecular formula is C19H24N2O5S. The van der Waals surface area contributed by atoms with Gasteiger partial charge in [-0.3, -0.25) is 9.59 Å². The summed E-state index contributed by atoms with van der Waals surface area (Å²) in [5, 5.41) is 0. The highest BCUT2D eigenvalue weighted by atomic mass is 32.2. The molecule has 0 spiro atoms. The number of carbonyl (C=O) groups is 2. The molecule has 3 aliphatic heterocycles. The van der Waals surface area contributed by atoms with Gasteiger partial charge in [-0.25, -0.2) is 8.42 Å². The van der Waals surface area contributed by atoms with Gasteiger partial charge in [0.2, 0.25) is 11.8 Å². The number of nitrogens with zero attached hydrogens (tertiary/aromatic N) is 2. The van der Waals surface area contributed by atoms with Crippen LogP contribution in [-0.2, 0) is 25.8 Å². The van der Waals surface area contributed by atoms with E-state index in [9.17, 15) is 18.0 Å². The highest BCUT2D eigenvalue weighted by Crippen LogP contribution is 2.34. The molecule has 2 fully saturated rings. The number of rotatable bonds is 3. The Balaban J connectivity index is 1.51. The highest BCUT2D eigenvalue weighted by molar-refractivity contribution is 7.91. The molecule has 3 aliphatic rings. The molecule has 2 atom stereocenters. The van der Waals surface area contributed by atoms with E-state index in [4.69, 9.17) is 4.74 Å². The molecular weight excluding hydrogens is 368 g/mol. The first-order valence-electron chi connectivity index (χ1n) is 9.36. The van der Waals surface area contributed by atoms with Gasteiger partial charge >= 0.3 is 0 Å². The number of benzene rings is 1. The fraction of sp³-hybridized carbons (Fsp3) is 0.579. The molecule has 1 aromatic carbocycles. The molecule has 0 N–H and O–H groups in total. The number of carbonyl (C=O) groups excluding carboxylic acids is 2. The molecule has 1 aromatic rings. The van der Waals surface area contributed by atoms with Crippen LogP contribution in [-0.4, -0.2) is 62.9 Å². The molecule has 0 radical (unpaired) electrons. The number of aryl methyl sites for hydroxylation is 1. The zero-order valence-corrected chi connectivity index (χ0v) is 16.2. The number of ether oxygens (including phenoxy) is 1. The van der Waals surface area contributed by atoms with Crippen molar-refractivity contribution >= 4 is 27.3 Å². The van der Waals surface area contributed by atoms with E-state index in [1.807, 2.05) is 18.2 Å². The lowest BCUT2D eigenvalue weighted by molar-refractivity contribution is -0.129. The second-order valence-corrected chi connectivity index (χ2v) is 9.82. The third-order valence-corrected chi connectivity index (χ3v) is 7.58. The number of hydrogen-bond donors (Lipinski definition) is 0. The molecule has 4 rings (SSSR count). The Hall–Kier alpha value is -2.09. The van der Waals surface area contributed by atoms with E-state index in [-0.39, 0.29) is 35.8 Å². The van der Waals surface area contributed by atoms with E-state index >= 15 is 0 Å². The van der Waals surface area contributed by atoms with Gasteiger partial charge in [0, 0.05) is 31.2 Å². The first-order valence-corrected chi connectivity index (χ1v) is 11.2. The maximum absolute atomic E-state index is 13.1. The molecule has 7 nitrogen and oxygen atoms in total. The standard InChI is InChI=1S/C19H24N2O5S/c1-26-16-4-5-17-13(9-16)3-2-7-20(17)19(23)14-10-18(22)21(11-14)15-6-8-27(24,25)12-15/h4-5,9,14-15H,2-3,6-8,10-12H2,1H3/t14-,15+/m1/s1. The summed E-state index contributed by atoms with van der Waals surface area (Å²) in [5.74, 6) is 0.356. The van der Waals surface area contributed by atoms with E-state index in [2.05, 4.69) is 0 Å². The zero-order valence-electron chi connectivity index (χ0n) is 15.4. The second kappa shape index (κ2) is 6.82. The fourth-order valence-electron chi connectivity index (χ4n) is 4.42. The van der Waals surface area contributed by atoms with Gasteiger partial charge in [0.25, 0.3) is 0 Å². The van der Waals surface area contributed by atoms with E-state index in [1.54, 1.807) is 16.9 Å². The molecule has 0 saturated carbocycles. The molecule has 0 unspecified atom stereocenters. The van der Waals surface area contributed by atoms with Gasteiger partial charge in [-0.15, -0.1) is 0 Å². The van der Waals surface area contributed by atoms with Gasteiger partial charge in [0.05, 0.1) is 24.5 Å². The van der Waals surface area contributed by atoms with Crippen molar-refractivity contribution in [2.75, 3.05) is 36.6 Å². The molecule has 27 heavy (non-hydrogen) atoms. The van der Waals surface area contributed by atoms with Gasteiger partial charge in [0.1, 0.15) is 5.75 Å². The number of anilines is 1. The van der Waals surface area contributed by atoms with Crippen LogP contribution in [0.15, 0.2) is 18.2 Å². The second-order valence-electron chi connectivity index (χ2n) is 7.59. The van der Waals surface area contributed by atoms with Crippen LogP contribution in [0.4, 0.5) is 5.69 Å². The maximum atomic E-state index is 13.1. The molecule has 0 aliphatic carbocycles. The minimum atomic E-state index is -3.06. The van der Waals surface area contributed by atoms with E-state index in [1.165, 1.54) is 0 Å². The average Bonchev–Trinajstić information content (AvgIpc) is 3.22. The van der Waals surface area contributed by atoms with Crippen molar-refractivity contribution in [3.8, 4) is 5.75 Å². The molecule has 3 heterocycles. The van der Waals surface area contributed by atoms with Crippen LogP contribution in [0, 0.1) is 5.92 Å². The predicted molar refractivity (Wildman–Crippen MR) is 101 cm³/mol. The molecule has 2 amide bonds. The van der Waals surface area contributed by atoms with Gasteiger partial charge in [-0.2, -0.15) is 0 Å². The number of likely N-dealkylation sites (tertiary alicyclic amines) is 1.